The third kappa shape index (κ3) is 2.97. The first-order chi connectivity index (χ1) is 9.97. The minimum atomic E-state index is -0.896. The summed E-state index contributed by atoms with van der Waals surface area (Å²) in [7, 11) is 2.46. The Morgan fingerprint density at radius 3 is 2.62 bits per heavy atom. The van der Waals surface area contributed by atoms with Gasteiger partial charge in [-0.1, -0.05) is 0 Å². The highest BCUT2D eigenvalue weighted by molar-refractivity contribution is 5.92. The second-order valence-electron chi connectivity index (χ2n) is 4.81. The van der Waals surface area contributed by atoms with Crippen LogP contribution < -0.4 is 10.1 Å². The van der Waals surface area contributed by atoms with Crippen LogP contribution in [0.4, 0.5) is 4.39 Å². The van der Waals surface area contributed by atoms with Crippen LogP contribution in [0, 0.1) is 11.7 Å². The van der Waals surface area contributed by atoms with Crippen molar-refractivity contribution in [3.63, 3.8) is 0 Å². The predicted octanol–water partition coefficient (Wildman–Crippen LogP) is 1.36. The molecule has 1 aliphatic heterocycles. The van der Waals surface area contributed by atoms with Gasteiger partial charge in [-0.15, -0.1) is 0 Å². The summed E-state index contributed by atoms with van der Waals surface area (Å²) in [4.78, 5) is 22.7. The molecular weight excluding hydrogens is 281 g/mol. The molecule has 0 aromatic heterocycles. The minimum absolute atomic E-state index is 0.0180. The third-order valence-corrected chi connectivity index (χ3v) is 3.56. The highest BCUT2D eigenvalue weighted by Crippen LogP contribution is 2.32. The van der Waals surface area contributed by atoms with Crippen LogP contribution in [0.15, 0.2) is 12.1 Å². The second kappa shape index (κ2) is 6.09. The quantitative estimate of drug-likeness (QED) is 0.816. The maximum atomic E-state index is 14.0. The van der Waals surface area contributed by atoms with Gasteiger partial charge >= 0.3 is 11.9 Å². The number of aliphatic carboxylic acids is 1. The lowest BCUT2D eigenvalue weighted by atomic mass is 9.98. The number of methoxy groups -OCH3 is 2. The number of halogens is 1. The van der Waals surface area contributed by atoms with Crippen molar-refractivity contribution in [3.8, 4) is 5.75 Å². The smallest absolute Gasteiger partial charge is 0.341 e. The Morgan fingerprint density at radius 2 is 2.10 bits per heavy atom. The molecule has 1 saturated heterocycles. The number of ether oxygens (including phenoxy) is 2. The van der Waals surface area contributed by atoms with Crippen molar-refractivity contribution >= 4 is 11.9 Å². The highest BCUT2D eigenvalue weighted by atomic mass is 19.1. The van der Waals surface area contributed by atoms with E-state index in [4.69, 9.17) is 9.84 Å². The van der Waals surface area contributed by atoms with E-state index in [1.807, 2.05) is 0 Å². The van der Waals surface area contributed by atoms with Gasteiger partial charge in [-0.05, 0) is 24.1 Å². The van der Waals surface area contributed by atoms with Crippen molar-refractivity contribution in [2.45, 2.75) is 12.5 Å². The summed E-state index contributed by atoms with van der Waals surface area (Å²) in [6.45, 7) is 0.307. The van der Waals surface area contributed by atoms with Crippen molar-refractivity contribution < 1.29 is 28.6 Å². The molecule has 1 fully saturated rings. The predicted molar refractivity (Wildman–Crippen MR) is 70.8 cm³/mol. The molecule has 1 aromatic carbocycles. The summed E-state index contributed by atoms with van der Waals surface area (Å²) in [5.41, 5.74) is 0.480. The molecule has 6 nitrogen and oxygen atoms in total. The van der Waals surface area contributed by atoms with Gasteiger partial charge in [0, 0.05) is 12.6 Å². The number of rotatable bonds is 4. The van der Waals surface area contributed by atoms with E-state index in [0.29, 0.717) is 18.5 Å². The van der Waals surface area contributed by atoms with Crippen LogP contribution in [0.5, 0.6) is 5.75 Å². The molecule has 0 spiro atoms. The molecule has 0 bridgehead atoms. The summed E-state index contributed by atoms with van der Waals surface area (Å²) in [6.07, 6.45) is 0.335. The van der Waals surface area contributed by atoms with Gasteiger partial charge in [0.15, 0.2) is 11.6 Å². The third-order valence-electron chi connectivity index (χ3n) is 3.56. The molecular formula is C14H16FNO5. The van der Waals surface area contributed by atoms with Crippen LogP contribution in [0.2, 0.25) is 0 Å². The van der Waals surface area contributed by atoms with E-state index in [9.17, 15) is 14.0 Å². The average Bonchev–Trinajstić information content (AvgIpc) is 2.95. The molecule has 2 unspecified atom stereocenters. The van der Waals surface area contributed by atoms with Crippen molar-refractivity contribution in [3.05, 3.63) is 29.1 Å². The molecule has 21 heavy (non-hydrogen) atoms. The number of nitrogens with one attached hydrogen (secondary N) is 1. The van der Waals surface area contributed by atoms with Gasteiger partial charge in [0.2, 0.25) is 0 Å². The van der Waals surface area contributed by atoms with Crippen molar-refractivity contribution in [1.82, 2.24) is 5.32 Å². The van der Waals surface area contributed by atoms with Gasteiger partial charge in [-0.3, -0.25) is 4.79 Å². The summed E-state index contributed by atoms with van der Waals surface area (Å²) >= 11 is 0. The summed E-state index contributed by atoms with van der Waals surface area (Å²) in [6, 6.07) is 2.39. The minimum Gasteiger partial charge on any atom is -0.493 e. The first-order valence-electron chi connectivity index (χ1n) is 6.39. The number of carbonyl (C=O) groups is 2. The Labute approximate surface area is 120 Å². The monoisotopic (exact) mass is 297 g/mol. The number of carboxylic acids is 1. The lowest BCUT2D eigenvalue weighted by Gasteiger charge is -2.15. The summed E-state index contributed by atoms with van der Waals surface area (Å²) in [5, 5.41) is 12.0. The van der Waals surface area contributed by atoms with E-state index in [-0.39, 0.29) is 17.4 Å². The Morgan fingerprint density at radius 1 is 1.38 bits per heavy atom. The van der Waals surface area contributed by atoms with E-state index in [0.717, 1.165) is 0 Å². The first-order valence-corrected chi connectivity index (χ1v) is 6.39. The maximum absolute atomic E-state index is 14.0. The number of benzene rings is 1. The van der Waals surface area contributed by atoms with E-state index in [1.54, 1.807) is 0 Å². The molecule has 0 amide bonds. The molecule has 1 heterocycles. The Hall–Kier alpha value is -2.15. The van der Waals surface area contributed by atoms with Crippen LogP contribution in [-0.4, -0.2) is 37.8 Å². The van der Waals surface area contributed by atoms with Gasteiger partial charge in [0.25, 0.3) is 0 Å². The molecule has 1 aliphatic rings. The second-order valence-corrected chi connectivity index (χ2v) is 4.81. The average molecular weight is 297 g/mol. The fourth-order valence-corrected chi connectivity index (χ4v) is 2.46. The number of esters is 1. The van der Waals surface area contributed by atoms with E-state index >= 15 is 0 Å². The molecule has 0 saturated carbocycles. The highest BCUT2D eigenvalue weighted by Gasteiger charge is 2.31. The topological polar surface area (TPSA) is 84.9 Å². The fraction of sp³-hybridized carbons (Fsp3) is 0.429. The zero-order chi connectivity index (χ0) is 15.6. The fourth-order valence-electron chi connectivity index (χ4n) is 2.46. The summed E-state index contributed by atoms with van der Waals surface area (Å²) in [5.74, 6) is -3.00. The van der Waals surface area contributed by atoms with Crippen LogP contribution in [-0.2, 0) is 9.53 Å². The number of hydrogen-bond acceptors (Lipinski definition) is 5. The molecule has 114 valence electrons. The molecule has 0 radical (unpaired) electrons. The molecule has 1 aromatic rings. The van der Waals surface area contributed by atoms with Gasteiger partial charge < -0.3 is 19.9 Å². The molecule has 2 rings (SSSR count). The normalized spacial score (nSPS) is 21.1. The number of hydrogen-bond donors (Lipinski definition) is 2. The molecule has 2 N–H and O–H groups in total. The van der Waals surface area contributed by atoms with E-state index in [2.05, 4.69) is 10.1 Å². The van der Waals surface area contributed by atoms with Gasteiger partial charge in [-0.2, -0.15) is 0 Å². The number of carbonyl (C=O) groups excluding carboxylic acids is 1. The van der Waals surface area contributed by atoms with Crippen LogP contribution in [0.25, 0.3) is 0 Å². The van der Waals surface area contributed by atoms with Crippen LogP contribution in [0.1, 0.15) is 28.4 Å². The lowest BCUT2D eigenvalue weighted by molar-refractivity contribution is -0.141. The van der Waals surface area contributed by atoms with Gasteiger partial charge in [0.1, 0.15) is 5.56 Å². The van der Waals surface area contributed by atoms with Gasteiger partial charge in [0.05, 0.1) is 20.1 Å². The Balaban J connectivity index is 2.35. The Kier molecular flexibility index (Phi) is 4.42. The zero-order valence-electron chi connectivity index (χ0n) is 11.7. The van der Waals surface area contributed by atoms with E-state index < -0.39 is 23.7 Å². The maximum Gasteiger partial charge on any atom is 0.341 e. The largest absolute Gasteiger partial charge is 0.493 e. The van der Waals surface area contributed by atoms with Crippen molar-refractivity contribution in [1.29, 1.82) is 0 Å². The molecule has 0 aliphatic carbocycles. The summed E-state index contributed by atoms with van der Waals surface area (Å²) < 4.78 is 23.5. The molecule has 7 heteroatoms. The molecule has 2 atom stereocenters. The van der Waals surface area contributed by atoms with Crippen molar-refractivity contribution in [2.24, 2.45) is 5.92 Å². The van der Waals surface area contributed by atoms with Crippen LogP contribution in [0.3, 0.4) is 0 Å². The Bertz CT molecular complexity index is 575. The van der Waals surface area contributed by atoms with Gasteiger partial charge in [-0.25, -0.2) is 9.18 Å². The number of carboxylic acid groups (broad SMARTS) is 1. The van der Waals surface area contributed by atoms with E-state index in [1.165, 1.54) is 26.4 Å². The van der Waals surface area contributed by atoms with Crippen molar-refractivity contribution in [2.75, 3.05) is 20.8 Å². The SMILES string of the molecule is COC(=O)c1cc(C2CC(C(=O)O)CN2)cc(F)c1OC. The lowest BCUT2D eigenvalue weighted by Crippen LogP contribution is -2.17. The standard InChI is InChI=1S/C14H16FNO5/c1-20-12-9(14(19)21-2)3-7(4-10(12)15)11-5-8(6-16-11)13(17)18/h3-4,8,11,16H,5-6H2,1-2H3,(H,17,18). The van der Waals surface area contributed by atoms with Crippen LogP contribution >= 0.6 is 0 Å². The first kappa shape index (κ1) is 15.2. The zero-order valence-corrected chi connectivity index (χ0v) is 11.7.